The highest BCUT2D eigenvalue weighted by Crippen LogP contribution is 2.25. The largest absolute Gasteiger partial charge is 0.489 e. The SMILES string of the molecule is OB(O)c1cccc(Oc2cccc(OCc3ccccc3)c2)c1. The first-order chi connectivity index (χ1) is 11.7. The maximum absolute atomic E-state index is 9.22. The first-order valence-electron chi connectivity index (χ1n) is 7.61. The molecule has 0 bridgehead atoms. The zero-order valence-corrected chi connectivity index (χ0v) is 13.0. The van der Waals surface area contributed by atoms with E-state index in [0.29, 0.717) is 29.3 Å². The van der Waals surface area contributed by atoms with Gasteiger partial charge in [-0.05, 0) is 35.3 Å². The van der Waals surface area contributed by atoms with Crippen molar-refractivity contribution < 1.29 is 19.5 Å². The topological polar surface area (TPSA) is 58.9 Å². The molecule has 0 aliphatic carbocycles. The molecule has 2 N–H and O–H groups in total. The highest BCUT2D eigenvalue weighted by Gasteiger charge is 2.11. The average Bonchev–Trinajstić information content (AvgIpc) is 2.61. The van der Waals surface area contributed by atoms with E-state index in [1.54, 1.807) is 30.3 Å². The van der Waals surface area contributed by atoms with Crippen LogP contribution in [-0.2, 0) is 6.61 Å². The average molecular weight is 320 g/mol. The summed E-state index contributed by atoms with van der Waals surface area (Å²) in [5.41, 5.74) is 1.47. The second kappa shape index (κ2) is 7.68. The van der Waals surface area contributed by atoms with E-state index in [0.717, 1.165) is 5.56 Å². The van der Waals surface area contributed by atoms with Crippen LogP contribution in [0.1, 0.15) is 5.56 Å². The van der Waals surface area contributed by atoms with Gasteiger partial charge >= 0.3 is 7.12 Å². The summed E-state index contributed by atoms with van der Waals surface area (Å²) in [6.07, 6.45) is 0. The summed E-state index contributed by atoms with van der Waals surface area (Å²) in [4.78, 5) is 0. The molecule has 0 radical (unpaired) electrons. The van der Waals surface area contributed by atoms with Gasteiger partial charge in [-0.3, -0.25) is 0 Å². The monoisotopic (exact) mass is 320 g/mol. The van der Waals surface area contributed by atoms with Crippen molar-refractivity contribution in [3.63, 3.8) is 0 Å². The fraction of sp³-hybridized carbons (Fsp3) is 0.0526. The van der Waals surface area contributed by atoms with Crippen LogP contribution in [0.5, 0.6) is 17.2 Å². The molecule has 0 unspecified atom stereocenters. The molecule has 0 amide bonds. The molecule has 0 aliphatic heterocycles. The van der Waals surface area contributed by atoms with Crippen molar-refractivity contribution >= 4 is 12.6 Å². The van der Waals surface area contributed by atoms with Crippen LogP contribution in [0.25, 0.3) is 0 Å². The highest BCUT2D eigenvalue weighted by atomic mass is 16.5. The lowest BCUT2D eigenvalue weighted by molar-refractivity contribution is 0.304. The Bertz CT molecular complexity index is 790. The lowest BCUT2D eigenvalue weighted by Gasteiger charge is -2.10. The number of hydrogen-bond acceptors (Lipinski definition) is 4. The molecule has 24 heavy (non-hydrogen) atoms. The summed E-state index contributed by atoms with van der Waals surface area (Å²) in [5, 5.41) is 18.4. The van der Waals surface area contributed by atoms with Crippen molar-refractivity contribution in [1.82, 2.24) is 0 Å². The van der Waals surface area contributed by atoms with Crippen molar-refractivity contribution in [3.8, 4) is 17.2 Å². The van der Waals surface area contributed by atoms with E-state index in [-0.39, 0.29) is 0 Å². The van der Waals surface area contributed by atoms with E-state index in [9.17, 15) is 10.0 Å². The predicted octanol–water partition coefficient (Wildman–Crippen LogP) is 2.74. The Morgan fingerprint density at radius 2 is 1.38 bits per heavy atom. The molecule has 4 nitrogen and oxygen atoms in total. The maximum Gasteiger partial charge on any atom is 0.488 e. The maximum atomic E-state index is 9.22. The Morgan fingerprint density at radius 3 is 2.12 bits per heavy atom. The molecular formula is C19H17BO4. The summed E-state index contributed by atoms with van der Waals surface area (Å²) in [7, 11) is -1.52. The Kier molecular flexibility index (Phi) is 5.16. The number of hydrogen-bond donors (Lipinski definition) is 2. The van der Waals surface area contributed by atoms with Crippen LogP contribution < -0.4 is 14.9 Å². The first kappa shape index (κ1) is 16.1. The Labute approximate surface area is 141 Å². The third-order valence-electron chi connectivity index (χ3n) is 3.45. The third kappa shape index (κ3) is 4.38. The van der Waals surface area contributed by atoms with Crippen LogP contribution in [-0.4, -0.2) is 17.2 Å². The van der Waals surface area contributed by atoms with E-state index in [1.807, 2.05) is 48.5 Å². The molecule has 0 aliphatic rings. The minimum absolute atomic E-state index is 0.379. The van der Waals surface area contributed by atoms with Gasteiger partial charge in [0.2, 0.25) is 0 Å². The summed E-state index contributed by atoms with van der Waals surface area (Å²) in [6.45, 7) is 0.483. The van der Waals surface area contributed by atoms with Crippen molar-refractivity contribution in [2.75, 3.05) is 0 Å². The lowest BCUT2D eigenvalue weighted by Crippen LogP contribution is -2.29. The van der Waals surface area contributed by atoms with Gasteiger partial charge in [-0.2, -0.15) is 0 Å². The number of rotatable bonds is 6. The van der Waals surface area contributed by atoms with E-state index in [2.05, 4.69) is 0 Å². The molecule has 0 saturated carbocycles. The van der Waals surface area contributed by atoms with Gasteiger partial charge in [0.25, 0.3) is 0 Å². The summed E-state index contributed by atoms with van der Waals surface area (Å²) >= 11 is 0. The minimum atomic E-state index is -1.52. The van der Waals surface area contributed by atoms with Crippen molar-refractivity contribution in [2.45, 2.75) is 6.61 Å². The Hall–Kier alpha value is -2.76. The van der Waals surface area contributed by atoms with Crippen molar-refractivity contribution in [1.29, 1.82) is 0 Å². The third-order valence-corrected chi connectivity index (χ3v) is 3.45. The molecule has 3 aromatic carbocycles. The van der Waals surface area contributed by atoms with Crippen LogP contribution in [0.4, 0.5) is 0 Å². The van der Waals surface area contributed by atoms with Crippen LogP contribution in [0.15, 0.2) is 78.9 Å². The van der Waals surface area contributed by atoms with E-state index >= 15 is 0 Å². The van der Waals surface area contributed by atoms with Crippen molar-refractivity contribution in [3.05, 3.63) is 84.4 Å². The van der Waals surface area contributed by atoms with E-state index in [4.69, 9.17) is 9.47 Å². The molecule has 5 heteroatoms. The number of ether oxygens (including phenoxy) is 2. The highest BCUT2D eigenvalue weighted by molar-refractivity contribution is 6.58. The second-order valence-corrected chi connectivity index (χ2v) is 5.30. The summed E-state index contributed by atoms with van der Waals surface area (Å²) in [6, 6.07) is 23.9. The molecule has 3 rings (SSSR count). The first-order valence-corrected chi connectivity index (χ1v) is 7.61. The fourth-order valence-corrected chi connectivity index (χ4v) is 2.24. The van der Waals surface area contributed by atoms with Gasteiger partial charge in [0.15, 0.2) is 0 Å². The molecule has 0 aromatic heterocycles. The quantitative estimate of drug-likeness (QED) is 0.686. The van der Waals surface area contributed by atoms with Gasteiger partial charge in [-0.15, -0.1) is 0 Å². The molecule has 0 heterocycles. The molecule has 120 valence electrons. The molecule has 0 spiro atoms. The standard InChI is InChI=1S/C19H17BO4/c21-20(22)16-8-4-10-18(12-16)24-19-11-5-9-17(13-19)23-14-15-6-2-1-3-7-15/h1-13,21-22H,14H2. The predicted molar refractivity (Wildman–Crippen MR) is 93.6 cm³/mol. The van der Waals surface area contributed by atoms with Crippen LogP contribution in [0.3, 0.4) is 0 Å². The molecule has 0 saturated heterocycles. The van der Waals surface area contributed by atoms with Gasteiger partial charge in [0.05, 0.1) is 0 Å². The Balaban J connectivity index is 1.68. The molecular weight excluding hydrogens is 303 g/mol. The Morgan fingerprint density at radius 1 is 0.708 bits per heavy atom. The van der Waals surface area contributed by atoms with Gasteiger partial charge in [-0.25, -0.2) is 0 Å². The summed E-state index contributed by atoms with van der Waals surface area (Å²) < 4.78 is 11.5. The van der Waals surface area contributed by atoms with Gasteiger partial charge < -0.3 is 19.5 Å². The second-order valence-electron chi connectivity index (χ2n) is 5.30. The van der Waals surface area contributed by atoms with Gasteiger partial charge in [0.1, 0.15) is 23.9 Å². The zero-order chi connectivity index (χ0) is 16.8. The van der Waals surface area contributed by atoms with Crippen LogP contribution in [0.2, 0.25) is 0 Å². The zero-order valence-electron chi connectivity index (χ0n) is 13.0. The van der Waals surface area contributed by atoms with Crippen molar-refractivity contribution in [2.24, 2.45) is 0 Å². The number of benzene rings is 3. The van der Waals surface area contributed by atoms with Gasteiger partial charge in [0, 0.05) is 6.07 Å². The van der Waals surface area contributed by atoms with E-state index < -0.39 is 7.12 Å². The summed E-state index contributed by atoms with van der Waals surface area (Å²) in [5.74, 6) is 1.85. The molecule has 3 aromatic rings. The van der Waals surface area contributed by atoms with Gasteiger partial charge in [-0.1, -0.05) is 48.5 Å². The molecule has 0 atom stereocenters. The molecule has 0 fully saturated rings. The lowest BCUT2D eigenvalue weighted by atomic mass is 9.80. The smallest absolute Gasteiger partial charge is 0.488 e. The van der Waals surface area contributed by atoms with E-state index in [1.165, 1.54) is 0 Å². The minimum Gasteiger partial charge on any atom is -0.489 e. The normalized spacial score (nSPS) is 10.2. The van der Waals surface area contributed by atoms with Crippen LogP contribution >= 0.6 is 0 Å². The fourth-order valence-electron chi connectivity index (χ4n) is 2.24. The van der Waals surface area contributed by atoms with Crippen LogP contribution in [0, 0.1) is 0 Å².